The molecule has 1 unspecified atom stereocenters. The minimum Gasteiger partial charge on any atom is -0.465 e. The number of imidazole rings is 1. The van der Waals surface area contributed by atoms with Gasteiger partial charge in [0, 0.05) is 5.69 Å². The van der Waals surface area contributed by atoms with E-state index in [1.165, 1.54) is 26.7 Å². The molecule has 0 saturated carbocycles. The predicted molar refractivity (Wildman–Crippen MR) is 96.8 cm³/mol. The molecule has 0 radical (unpaired) electrons. The second kappa shape index (κ2) is 7.47. The zero-order chi connectivity index (χ0) is 20.4. The summed E-state index contributed by atoms with van der Waals surface area (Å²) >= 11 is 0. The number of fused-ring (bicyclic) bond motifs is 1. The number of ether oxygens (including phenoxy) is 2. The standard InChI is InChI=1S/C17H18N6O5/c1-7-10(16(25)27-4)8(2)22-11(7)17(26)28-9(3)15(24)23-14-12-13(19-5-18-12)20-6-21-14/h5-6,9,22H,1-4H3,(H2,18,19,20,21,23,24). The number of hydrogen-bond donors (Lipinski definition) is 3. The van der Waals surface area contributed by atoms with Gasteiger partial charge in [0.1, 0.15) is 17.5 Å². The van der Waals surface area contributed by atoms with Crippen molar-refractivity contribution < 1.29 is 23.9 Å². The third kappa shape index (κ3) is 3.41. The topological polar surface area (TPSA) is 152 Å². The highest BCUT2D eigenvalue weighted by atomic mass is 16.5. The van der Waals surface area contributed by atoms with Crippen LogP contribution in [0.5, 0.6) is 0 Å². The van der Waals surface area contributed by atoms with Crippen LogP contribution < -0.4 is 5.32 Å². The molecule has 3 aromatic rings. The molecule has 0 saturated heterocycles. The molecule has 0 aliphatic rings. The lowest BCUT2D eigenvalue weighted by Gasteiger charge is -2.13. The molecule has 11 heteroatoms. The lowest BCUT2D eigenvalue weighted by molar-refractivity contribution is -0.123. The Morgan fingerprint density at radius 1 is 1.14 bits per heavy atom. The summed E-state index contributed by atoms with van der Waals surface area (Å²) in [5.41, 5.74) is 2.04. The summed E-state index contributed by atoms with van der Waals surface area (Å²) in [5, 5.41) is 2.56. The number of aromatic nitrogens is 5. The Morgan fingerprint density at radius 2 is 1.89 bits per heavy atom. The van der Waals surface area contributed by atoms with Crippen molar-refractivity contribution in [2.75, 3.05) is 12.4 Å². The highest BCUT2D eigenvalue weighted by Crippen LogP contribution is 2.20. The molecule has 11 nitrogen and oxygen atoms in total. The van der Waals surface area contributed by atoms with Gasteiger partial charge in [-0.25, -0.2) is 24.5 Å². The zero-order valence-electron chi connectivity index (χ0n) is 15.6. The monoisotopic (exact) mass is 386 g/mol. The maximum atomic E-state index is 12.5. The highest BCUT2D eigenvalue weighted by molar-refractivity contribution is 6.02. The smallest absolute Gasteiger partial charge is 0.355 e. The third-order valence-corrected chi connectivity index (χ3v) is 4.15. The summed E-state index contributed by atoms with van der Waals surface area (Å²) in [6.07, 6.45) is 1.56. The van der Waals surface area contributed by atoms with E-state index in [0.29, 0.717) is 22.4 Å². The van der Waals surface area contributed by atoms with Crippen LogP contribution in [-0.2, 0) is 14.3 Å². The van der Waals surface area contributed by atoms with Crippen molar-refractivity contribution in [2.24, 2.45) is 0 Å². The average Bonchev–Trinajstić information content (AvgIpc) is 3.26. The number of esters is 2. The average molecular weight is 386 g/mol. The summed E-state index contributed by atoms with van der Waals surface area (Å²) in [6, 6.07) is 0. The van der Waals surface area contributed by atoms with Crippen molar-refractivity contribution in [1.29, 1.82) is 0 Å². The number of anilines is 1. The molecule has 0 aliphatic heterocycles. The second-order valence-electron chi connectivity index (χ2n) is 5.98. The van der Waals surface area contributed by atoms with E-state index in [4.69, 9.17) is 9.47 Å². The molecule has 0 bridgehead atoms. The van der Waals surface area contributed by atoms with Gasteiger partial charge < -0.3 is 24.8 Å². The van der Waals surface area contributed by atoms with Crippen LogP contribution in [0.3, 0.4) is 0 Å². The number of aromatic amines is 2. The van der Waals surface area contributed by atoms with Gasteiger partial charge in [-0.15, -0.1) is 0 Å². The van der Waals surface area contributed by atoms with Crippen LogP contribution in [0.1, 0.15) is 39.0 Å². The Bertz CT molecular complexity index is 1070. The number of amides is 1. The van der Waals surface area contributed by atoms with E-state index in [2.05, 4.69) is 30.2 Å². The van der Waals surface area contributed by atoms with E-state index in [0.717, 1.165) is 0 Å². The van der Waals surface area contributed by atoms with E-state index in [9.17, 15) is 14.4 Å². The molecule has 146 valence electrons. The molecule has 1 atom stereocenters. The number of carbonyl (C=O) groups is 3. The molecule has 3 aromatic heterocycles. The Balaban J connectivity index is 1.73. The van der Waals surface area contributed by atoms with Gasteiger partial charge in [0.2, 0.25) is 0 Å². The summed E-state index contributed by atoms with van der Waals surface area (Å²) < 4.78 is 9.93. The van der Waals surface area contributed by atoms with Crippen LogP contribution >= 0.6 is 0 Å². The van der Waals surface area contributed by atoms with Gasteiger partial charge in [0.15, 0.2) is 17.6 Å². The second-order valence-corrected chi connectivity index (χ2v) is 5.98. The van der Waals surface area contributed by atoms with Gasteiger partial charge >= 0.3 is 11.9 Å². The summed E-state index contributed by atoms with van der Waals surface area (Å²) in [7, 11) is 1.25. The molecule has 28 heavy (non-hydrogen) atoms. The minimum absolute atomic E-state index is 0.0792. The van der Waals surface area contributed by atoms with Crippen molar-refractivity contribution in [3.05, 3.63) is 35.2 Å². The largest absolute Gasteiger partial charge is 0.465 e. The Morgan fingerprint density at radius 3 is 2.61 bits per heavy atom. The number of hydrogen-bond acceptors (Lipinski definition) is 8. The molecule has 0 aliphatic carbocycles. The molecule has 3 N–H and O–H groups in total. The Hall–Kier alpha value is -3.76. The fourth-order valence-electron chi connectivity index (χ4n) is 2.71. The molecular weight excluding hydrogens is 368 g/mol. The van der Waals surface area contributed by atoms with Crippen LogP contribution in [0.4, 0.5) is 5.82 Å². The fourth-order valence-corrected chi connectivity index (χ4v) is 2.71. The van der Waals surface area contributed by atoms with Gasteiger partial charge in [0.25, 0.3) is 5.91 Å². The van der Waals surface area contributed by atoms with E-state index >= 15 is 0 Å². The maximum absolute atomic E-state index is 12.5. The van der Waals surface area contributed by atoms with E-state index < -0.39 is 23.9 Å². The number of nitrogens with one attached hydrogen (secondary N) is 3. The first-order valence-electron chi connectivity index (χ1n) is 8.26. The number of rotatable bonds is 5. The predicted octanol–water partition coefficient (Wildman–Crippen LogP) is 1.27. The Labute approximate surface area is 158 Å². The van der Waals surface area contributed by atoms with Crippen molar-refractivity contribution in [3.8, 4) is 0 Å². The first kappa shape index (κ1) is 19.0. The lowest BCUT2D eigenvalue weighted by Crippen LogP contribution is -2.30. The molecule has 3 rings (SSSR count). The van der Waals surface area contributed by atoms with Crippen LogP contribution in [0.15, 0.2) is 12.7 Å². The van der Waals surface area contributed by atoms with Gasteiger partial charge in [-0.3, -0.25) is 4.79 Å². The number of aryl methyl sites for hydroxylation is 1. The van der Waals surface area contributed by atoms with Crippen molar-refractivity contribution in [2.45, 2.75) is 26.9 Å². The van der Waals surface area contributed by atoms with E-state index in [-0.39, 0.29) is 17.1 Å². The SMILES string of the molecule is COC(=O)c1c(C)[nH]c(C(=O)OC(C)C(=O)Nc2ncnc3nc[nH]c23)c1C. The highest BCUT2D eigenvalue weighted by Gasteiger charge is 2.26. The first-order valence-corrected chi connectivity index (χ1v) is 8.26. The van der Waals surface area contributed by atoms with Gasteiger partial charge in [-0.1, -0.05) is 0 Å². The molecule has 3 heterocycles. The summed E-state index contributed by atoms with van der Waals surface area (Å²) in [6.45, 7) is 4.65. The molecule has 0 aromatic carbocycles. The van der Waals surface area contributed by atoms with Crippen LogP contribution in [0.25, 0.3) is 11.2 Å². The van der Waals surface area contributed by atoms with Crippen molar-refractivity contribution >= 4 is 34.8 Å². The third-order valence-electron chi connectivity index (χ3n) is 4.15. The van der Waals surface area contributed by atoms with Crippen LogP contribution in [0, 0.1) is 13.8 Å². The maximum Gasteiger partial charge on any atom is 0.355 e. The van der Waals surface area contributed by atoms with E-state index in [1.54, 1.807) is 13.8 Å². The molecule has 0 spiro atoms. The zero-order valence-corrected chi connectivity index (χ0v) is 15.6. The Kier molecular flexibility index (Phi) is 5.07. The van der Waals surface area contributed by atoms with Crippen LogP contribution in [-0.4, -0.2) is 56.0 Å². The van der Waals surface area contributed by atoms with Crippen molar-refractivity contribution in [1.82, 2.24) is 24.9 Å². The summed E-state index contributed by atoms with van der Waals surface area (Å²) in [5.74, 6) is -1.71. The van der Waals surface area contributed by atoms with Gasteiger partial charge in [-0.05, 0) is 26.3 Å². The summed E-state index contributed by atoms with van der Waals surface area (Å²) in [4.78, 5) is 54.2. The number of methoxy groups -OCH3 is 1. The first-order chi connectivity index (χ1) is 13.3. The molecular formula is C17H18N6O5. The number of nitrogens with zero attached hydrogens (tertiary/aromatic N) is 3. The number of H-pyrrole nitrogens is 2. The van der Waals surface area contributed by atoms with Crippen molar-refractivity contribution in [3.63, 3.8) is 0 Å². The normalized spacial score (nSPS) is 11.9. The number of carbonyl (C=O) groups excluding carboxylic acids is 3. The fraction of sp³-hybridized carbons (Fsp3) is 0.294. The van der Waals surface area contributed by atoms with Gasteiger partial charge in [-0.2, -0.15) is 0 Å². The van der Waals surface area contributed by atoms with E-state index in [1.807, 2.05) is 0 Å². The molecule has 0 fully saturated rings. The molecule has 1 amide bonds. The van der Waals surface area contributed by atoms with Crippen LogP contribution in [0.2, 0.25) is 0 Å². The minimum atomic E-state index is -1.12. The lowest BCUT2D eigenvalue weighted by atomic mass is 10.1. The quantitative estimate of drug-likeness (QED) is 0.554. The van der Waals surface area contributed by atoms with Gasteiger partial charge in [0.05, 0.1) is 19.0 Å².